The highest BCUT2D eigenvalue weighted by Crippen LogP contribution is 2.31. The van der Waals surface area contributed by atoms with E-state index in [9.17, 15) is 0 Å². The van der Waals surface area contributed by atoms with Crippen LogP contribution in [0.3, 0.4) is 0 Å². The van der Waals surface area contributed by atoms with Crippen LogP contribution in [0.1, 0.15) is 0 Å². The molecule has 0 spiro atoms. The van der Waals surface area contributed by atoms with Crippen molar-refractivity contribution >= 4 is 5.69 Å². The van der Waals surface area contributed by atoms with Crippen LogP contribution in [-0.4, -0.2) is 27.8 Å². The van der Waals surface area contributed by atoms with Crippen molar-refractivity contribution in [2.75, 3.05) is 33.5 Å². The molecule has 0 aliphatic carbocycles. The Morgan fingerprint density at radius 3 is 1.87 bits per heavy atom. The molecule has 84 valence electrons. The van der Waals surface area contributed by atoms with Crippen LogP contribution in [0.2, 0.25) is 0 Å². The number of benzene rings is 1. The van der Waals surface area contributed by atoms with E-state index >= 15 is 0 Å². The molecule has 0 aliphatic rings. The highest BCUT2D eigenvalue weighted by molar-refractivity contribution is 5.62. The van der Waals surface area contributed by atoms with Gasteiger partial charge in [-0.05, 0) is 12.1 Å². The largest absolute Gasteiger partial charge is 0.465 e. The Kier molecular flexibility index (Phi) is 4.73. The molecule has 5 heteroatoms. The Morgan fingerprint density at radius 1 is 1.00 bits per heavy atom. The molecule has 1 aromatic carbocycles. The van der Waals surface area contributed by atoms with Crippen molar-refractivity contribution in [3.8, 4) is 11.5 Å². The molecule has 0 amide bonds. The van der Waals surface area contributed by atoms with Crippen molar-refractivity contribution < 1.29 is 18.9 Å². The van der Waals surface area contributed by atoms with Gasteiger partial charge in [0.15, 0.2) is 13.6 Å². The van der Waals surface area contributed by atoms with Crippen LogP contribution >= 0.6 is 0 Å². The summed E-state index contributed by atoms with van der Waals surface area (Å²) in [6.07, 6.45) is 0. The van der Waals surface area contributed by atoms with Gasteiger partial charge >= 0.3 is 0 Å². The van der Waals surface area contributed by atoms with Crippen LogP contribution in [0.4, 0.5) is 5.69 Å². The van der Waals surface area contributed by atoms with E-state index in [0.717, 1.165) is 0 Å². The van der Waals surface area contributed by atoms with Gasteiger partial charge in [0.25, 0.3) is 0 Å². The van der Waals surface area contributed by atoms with Gasteiger partial charge in [0.1, 0.15) is 17.2 Å². The zero-order valence-electron chi connectivity index (χ0n) is 8.86. The van der Waals surface area contributed by atoms with E-state index in [-0.39, 0.29) is 13.6 Å². The van der Waals surface area contributed by atoms with E-state index in [1.54, 1.807) is 32.4 Å². The van der Waals surface area contributed by atoms with Gasteiger partial charge in [0, 0.05) is 14.2 Å². The van der Waals surface area contributed by atoms with Gasteiger partial charge in [-0.2, -0.15) is 0 Å². The molecule has 0 aromatic heterocycles. The summed E-state index contributed by atoms with van der Waals surface area (Å²) < 4.78 is 20.0. The first-order valence-corrected chi connectivity index (χ1v) is 4.41. The van der Waals surface area contributed by atoms with Crippen LogP contribution < -0.4 is 15.2 Å². The van der Waals surface area contributed by atoms with Crippen molar-refractivity contribution in [3.63, 3.8) is 0 Å². The third-order valence-corrected chi connectivity index (χ3v) is 1.69. The second-order valence-corrected chi connectivity index (χ2v) is 2.77. The Morgan fingerprint density at radius 2 is 1.47 bits per heavy atom. The Balaban J connectivity index is 2.71. The fourth-order valence-corrected chi connectivity index (χ4v) is 1.02. The number of nitrogens with two attached hydrogens (primary N) is 1. The van der Waals surface area contributed by atoms with Crippen LogP contribution in [0, 0.1) is 0 Å². The third-order valence-electron chi connectivity index (χ3n) is 1.69. The van der Waals surface area contributed by atoms with E-state index < -0.39 is 0 Å². The summed E-state index contributed by atoms with van der Waals surface area (Å²) in [7, 11) is 3.09. The number of rotatable bonds is 6. The maximum Gasteiger partial charge on any atom is 0.188 e. The summed E-state index contributed by atoms with van der Waals surface area (Å²) in [5.74, 6) is 1.07. The second kappa shape index (κ2) is 6.10. The molecule has 2 N–H and O–H groups in total. The molecule has 5 nitrogen and oxygen atoms in total. The standard InChI is InChI=1S/C10H15NO4/c1-12-6-14-8-4-3-5-9(10(8)11)15-7-13-2/h3-5H,6-7,11H2,1-2H3. The van der Waals surface area contributed by atoms with Gasteiger partial charge < -0.3 is 24.7 Å². The number of anilines is 1. The fraction of sp³-hybridized carbons (Fsp3) is 0.400. The van der Waals surface area contributed by atoms with E-state index in [2.05, 4.69) is 0 Å². The lowest BCUT2D eigenvalue weighted by Gasteiger charge is -2.12. The number of hydrogen-bond donors (Lipinski definition) is 1. The Labute approximate surface area is 88.7 Å². The van der Waals surface area contributed by atoms with E-state index in [1.165, 1.54) is 0 Å². The lowest BCUT2D eigenvalue weighted by molar-refractivity contribution is 0.0471. The smallest absolute Gasteiger partial charge is 0.188 e. The average Bonchev–Trinajstić information content (AvgIpc) is 2.26. The molecule has 1 rings (SSSR count). The lowest BCUT2D eigenvalue weighted by Crippen LogP contribution is -2.05. The number of hydrogen-bond acceptors (Lipinski definition) is 5. The molecule has 0 radical (unpaired) electrons. The van der Waals surface area contributed by atoms with Gasteiger partial charge in [0.05, 0.1) is 0 Å². The maximum atomic E-state index is 5.80. The van der Waals surface area contributed by atoms with Gasteiger partial charge in [-0.1, -0.05) is 6.07 Å². The average molecular weight is 213 g/mol. The van der Waals surface area contributed by atoms with Gasteiger partial charge in [0.2, 0.25) is 0 Å². The number of nitrogen functional groups attached to an aromatic ring is 1. The summed E-state index contributed by atoms with van der Waals surface area (Å²) in [4.78, 5) is 0. The quantitative estimate of drug-likeness (QED) is 0.569. The molecule has 0 atom stereocenters. The highest BCUT2D eigenvalue weighted by atomic mass is 16.7. The van der Waals surface area contributed by atoms with Crippen molar-refractivity contribution in [2.45, 2.75) is 0 Å². The number of ether oxygens (including phenoxy) is 4. The predicted octanol–water partition coefficient (Wildman–Crippen LogP) is 1.23. The SMILES string of the molecule is COCOc1cccc(OCOC)c1N. The molecule has 0 heterocycles. The summed E-state index contributed by atoms with van der Waals surface area (Å²) in [6, 6.07) is 5.27. The van der Waals surface area contributed by atoms with Crippen molar-refractivity contribution in [1.82, 2.24) is 0 Å². The zero-order valence-corrected chi connectivity index (χ0v) is 8.86. The molecule has 15 heavy (non-hydrogen) atoms. The van der Waals surface area contributed by atoms with E-state index in [0.29, 0.717) is 17.2 Å². The van der Waals surface area contributed by atoms with Crippen LogP contribution in [0.5, 0.6) is 11.5 Å². The summed E-state index contributed by atoms with van der Waals surface area (Å²) in [5.41, 5.74) is 6.24. The Bertz CT molecular complexity index is 277. The first-order chi connectivity index (χ1) is 7.29. The molecule has 0 saturated carbocycles. The Hall–Kier alpha value is -1.46. The monoisotopic (exact) mass is 213 g/mol. The summed E-state index contributed by atoms with van der Waals surface area (Å²) in [5, 5.41) is 0. The zero-order chi connectivity index (χ0) is 11.1. The second-order valence-electron chi connectivity index (χ2n) is 2.77. The minimum atomic E-state index is 0.151. The molecular weight excluding hydrogens is 198 g/mol. The van der Waals surface area contributed by atoms with Crippen molar-refractivity contribution in [3.05, 3.63) is 18.2 Å². The fourth-order valence-electron chi connectivity index (χ4n) is 1.02. The topological polar surface area (TPSA) is 62.9 Å². The summed E-state index contributed by atoms with van der Waals surface area (Å²) in [6.45, 7) is 0.301. The minimum absolute atomic E-state index is 0.151. The van der Waals surface area contributed by atoms with Crippen LogP contribution in [-0.2, 0) is 9.47 Å². The van der Waals surface area contributed by atoms with Gasteiger partial charge in [-0.25, -0.2) is 0 Å². The normalized spacial score (nSPS) is 10.0. The van der Waals surface area contributed by atoms with Crippen LogP contribution in [0.15, 0.2) is 18.2 Å². The molecule has 0 saturated heterocycles. The molecule has 0 unspecified atom stereocenters. The molecule has 0 bridgehead atoms. The molecular formula is C10H15NO4. The number of methoxy groups -OCH3 is 2. The summed E-state index contributed by atoms with van der Waals surface area (Å²) >= 11 is 0. The van der Waals surface area contributed by atoms with Crippen molar-refractivity contribution in [1.29, 1.82) is 0 Å². The van der Waals surface area contributed by atoms with E-state index in [4.69, 9.17) is 24.7 Å². The predicted molar refractivity (Wildman–Crippen MR) is 55.9 cm³/mol. The first-order valence-electron chi connectivity index (χ1n) is 4.41. The molecule has 0 aliphatic heterocycles. The van der Waals surface area contributed by atoms with E-state index in [1.807, 2.05) is 0 Å². The molecule has 1 aromatic rings. The third kappa shape index (κ3) is 3.30. The molecule has 0 fully saturated rings. The number of para-hydroxylation sites is 1. The maximum absolute atomic E-state index is 5.80. The highest BCUT2D eigenvalue weighted by Gasteiger charge is 2.06. The van der Waals surface area contributed by atoms with Gasteiger partial charge in [-0.3, -0.25) is 0 Å². The lowest BCUT2D eigenvalue weighted by atomic mass is 10.3. The minimum Gasteiger partial charge on any atom is -0.465 e. The van der Waals surface area contributed by atoms with Crippen molar-refractivity contribution in [2.24, 2.45) is 0 Å². The van der Waals surface area contributed by atoms with Gasteiger partial charge in [-0.15, -0.1) is 0 Å². The van der Waals surface area contributed by atoms with Crippen LogP contribution in [0.25, 0.3) is 0 Å². The first kappa shape index (κ1) is 11.6.